The molecule has 0 unspecified atom stereocenters. The molecule has 2 rings (SSSR count). The van der Waals surface area contributed by atoms with E-state index in [1.165, 1.54) is 18.2 Å². The second-order valence-corrected chi connectivity index (χ2v) is 7.38. The van der Waals surface area contributed by atoms with Crippen LogP contribution in [0, 0.1) is 13.8 Å². The monoisotopic (exact) mass is 430 g/mol. The van der Waals surface area contributed by atoms with Gasteiger partial charge in [-0.15, -0.1) is 24.4 Å². The first-order valence-electron chi connectivity index (χ1n) is 6.77. The van der Waals surface area contributed by atoms with E-state index in [9.17, 15) is 18.3 Å². The maximum Gasteiger partial charge on any atom is 0.398 e. The first-order chi connectivity index (χ1) is 11.4. The molecule has 0 aromatic heterocycles. The molecule has 0 spiro atoms. The van der Waals surface area contributed by atoms with Crippen LogP contribution in [-0.2, 0) is 0 Å². The van der Waals surface area contributed by atoms with E-state index < -0.39 is 11.9 Å². The van der Waals surface area contributed by atoms with Crippen LogP contribution in [-0.4, -0.2) is 22.1 Å². The number of aromatic hydroxyl groups is 2. The molecule has 138 valence electrons. The molecule has 0 radical (unpaired) electrons. The van der Waals surface area contributed by atoms with Crippen LogP contribution in [0.4, 0.5) is 13.2 Å². The molecule has 2 nitrogen and oxygen atoms in total. The molecular formula is C16H15Cl2F3O2S2. The van der Waals surface area contributed by atoms with Crippen LogP contribution in [0.5, 0.6) is 11.5 Å². The summed E-state index contributed by atoms with van der Waals surface area (Å²) in [6.07, 6.45) is -4.22. The van der Waals surface area contributed by atoms with Crippen molar-refractivity contribution in [3.8, 4) is 11.5 Å². The summed E-state index contributed by atoms with van der Waals surface area (Å²) < 4.78 is 35.8. The predicted molar refractivity (Wildman–Crippen MR) is 99.7 cm³/mol. The predicted octanol–water partition coefficient (Wildman–Crippen LogP) is 6.65. The Balaban J connectivity index is 0.000000271. The number of thiol groups is 1. The number of thioether (sulfide) groups is 1. The number of aryl methyl sites for hydroxylation is 2. The number of alkyl halides is 3. The van der Waals surface area contributed by atoms with Gasteiger partial charge in [0, 0.05) is 9.79 Å². The molecule has 0 aliphatic heterocycles. The second-order valence-electron chi connectivity index (χ2n) is 5.06. The maximum atomic E-state index is 11.9. The van der Waals surface area contributed by atoms with Crippen LogP contribution in [0.1, 0.15) is 11.1 Å². The molecule has 2 aromatic rings. The Morgan fingerprint density at radius 1 is 0.960 bits per heavy atom. The summed E-state index contributed by atoms with van der Waals surface area (Å²) in [5.74, 6) is -1.10. The smallest absolute Gasteiger partial charge is 0.398 e. The first kappa shape index (κ1) is 22.2. The molecule has 0 fully saturated rings. The van der Waals surface area contributed by atoms with E-state index in [2.05, 4.69) is 12.6 Å². The largest absolute Gasteiger partial charge is 0.506 e. The molecule has 2 aromatic carbocycles. The normalized spacial score (nSPS) is 11.0. The highest BCUT2D eigenvalue weighted by molar-refractivity contribution is 7.99. The van der Waals surface area contributed by atoms with Gasteiger partial charge in [-0.05, 0) is 49.2 Å². The van der Waals surface area contributed by atoms with Gasteiger partial charge >= 0.3 is 6.18 Å². The summed E-state index contributed by atoms with van der Waals surface area (Å²) >= 11 is 15.9. The summed E-state index contributed by atoms with van der Waals surface area (Å²) in [6.45, 7) is 3.53. The van der Waals surface area contributed by atoms with Gasteiger partial charge in [-0.3, -0.25) is 0 Å². The van der Waals surface area contributed by atoms with E-state index in [1.54, 1.807) is 13.0 Å². The number of hydrogen-bond acceptors (Lipinski definition) is 4. The van der Waals surface area contributed by atoms with Crippen molar-refractivity contribution in [2.45, 2.75) is 29.8 Å². The highest BCUT2D eigenvalue weighted by Crippen LogP contribution is 2.35. The van der Waals surface area contributed by atoms with Gasteiger partial charge in [0.05, 0.1) is 15.8 Å². The Morgan fingerprint density at radius 2 is 1.44 bits per heavy atom. The lowest BCUT2D eigenvalue weighted by atomic mass is 10.2. The molecule has 0 atom stereocenters. The lowest BCUT2D eigenvalue weighted by molar-refractivity contribution is -0.105. The minimum atomic E-state index is -4.22. The van der Waals surface area contributed by atoms with Gasteiger partial charge in [0.1, 0.15) is 11.5 Å². The number of rotatable bonds is 2. The minimum absolute atomic E-state index is 0.0808. The molecule has 0 aliphatic carbocycles. The van der Waals surface area contributed by atoms with Crippen LogP contribution < -0.4 is 0 Å². The van der Waals surface area contributed by atoms with Crippen molar-refractivity contribution < 1.29 is 23.4 Å². The van der Waals surface area contributed by atoms with E-state index in [1.807, 2.05) is 6.92 Å². The fraction of sp³-hybridized carbons (Fsp3) is 0.250. The van der Waals surface area contributed by atoms with Gasteiger partial charge in [-0.25, -0.2) is 0 Å². The molecular weight excluding hydrogens is 416 g/mol. The van der Waals surface area contributed by atoms with E-state index in [0.29, 0.717) is 27.2 Å². The zero-order valence-electron chi connectivity index (χ0n) is 13.2. The number of hydrogen-bond donors (Lipinski definition) is 3. The number of benzene rings is 2. The van der Waals surface area contributed by atoms with Crippen molar-refractivity contribution in [3.63, 3.8) is 0 Å². The fourth-order valence-corrected chi connectivity index (χ4v) is 3.03. The lowest BCUT2D eigenvalue weighted by Crippen LogP contribution is -2.10. The quantitative estimate of drug-likeness (QED) is 0.368. The molecule has 0 heterocycles. The second kappa shape index (κ2) is 9.16. The van der Waals surface area contributed by atoms with Gasteiger partial charge in [0.2, 0.25) is 0 Å². The Bertz CT molecular complexity index is 703. The van der Waals surface area contributed by atoms with Crippen LogP contribution >= 0.6 is 47.6 Å². The van der Waals surface area contributed by atoms with Crippen LogP contribution in [0.25, 0.3) is 0 Å². The highest BCUT2D eigenvalue weighted by Gasteiger charge is 2.27. The molecule has 9 heteroatoms. The fourth-order valence-electron chi connectivity index (χ4n) is 1.61. The Kier molecular flexibility index (Phi) is 8.12. The summed E-state index contributed by atoms with van der Waals surface area (Å²) in [7, 11) is 0. The number of phenols is 2. The third-order valence-corrected chi connectivity index (χ3v) is 5.21. The Hall–Kier alpha value is -0.890. The van der Waals surface area contributed by atoms with Crippen molar-refractivity contribution >= 4 is 47.6 Å². The molecule has 0 saturated heterocycles. The minimum Gasteiger partial charge on any atom is -0.506 e. The standard InChI is InChI=1S/C9H8ClF3OS.C7H7ClOS/c1-5-2-6(10)7(14)3-8(5)15-4-9(11,12)13;1-4-2-5(8)6(9)3-7(4)10/h2-3,14H,4H2,1H3;2-3,9-10H,1H3. The SMILES string of the molecule is Cc1cc(Cl)c(O)cc1S.Cc1cc(Cl)c(O)cc1SCC(F)(F)F. The molecule has 0 bridgehead atoms. The maximum absolute atomic E-state index is 11.9. The molecule has 0 amide bonds. The Labute approximate surface area is 163 Å². The van der Waals surface area contributed by atoms with Gasteiger partial charge in [0.15, 0.2) is 0 Å². The van der Waals surface area contributed by atoms with Crippen LogP contribution in [0.3, 0.4) is 0 Å². The first-order valence-corrected chi connectivity index (χ1v) is 8.96. The molecule has 25 heavy (non-hydrogen) atoms. The van der Waals surface area contributed by atoms with E-state index in [0.717, 1.165) is 10.5 Å². The van der Waals surface area contributed by atoms with Gasteiger partial charge in [0.25, 0.3) is 0 Å². The van der Waals surface area contributed by atoms with Crippen molar-refractivity contribution in [1.29, 1.82) is 0 Å². The third kappa shape index (κ3) is 7.48. The van der Waals surface area contributed by atoms with Crippen LogP contribution in [0.15, 0.2) is 34.1 Å². The van der Waals surface area contributed by atoms with Gasteiger partial charge < -0.3 is 10.2 Å². The summed E-state index contributed by atoms with van der Waals surface area (Å²) in [5, 5.41) is 18.8. The highest BCUT2D eigenvalue weighted by atomic mass is 35.5. The lowest BCUT2D eigenvalue weighted by Gasteiger charge is -2.09. The van der Waals surface area contributed by atoms with Crippen molar-refractivity contribution in [1.82, 2.24) is 0 Å². The zero-order valence-corrected chi connectivity index (χ0v) is 16.4. The van der Waals surface area contributed by atoms with Gasteiger partial charge in [-0.1, -0.05) is 23.2 Å². The molecule has 0 aliphatic rings. The summed E-state index contributed by atoms with van der Waals surface area (Å²) in [5.41, 5.74) is 1.58. The van der Waals surface area contributed by atoms with E-state index >= 15 is 0 Å². The van der Waals surface area contributed by atoms with Crippen molar-refractivity contribution in [3.05, 3.63) is 45.4 Å². The Morgan fingerprint density at radius 3 is 1.92 bits per heavy atom. The van der Waals surface area contributed by atoms with Gasteiger partial charge in [-0.2, -0.15) is 13.2 Å². The summed E-state index contributed by atoms with van der Waals surface area (Å²) in [4.78, 5) is 1.14. The summed E-state index contributed by atoms with van der Waals surface area (Å²) in [6, 6.07) is 5.89. The molecule has 2 N–H and O–H groups in total. The van der Waals surface area contributed by atoms with E-state index in [-0.39, 0.29) is 16.5 Å². The number of phenolic OH excluding ortho intramolecular Hbond substituents is 2. The average Bonchev–Trinajstić information content (AvgIpc) is 2.47. The molecule has 0 saturated carbocycles. The number of halogens is 5. The van der Waals surface area contributed by atoms with Crippen LogP contribution in [0.2, 0.25) is 10.0 Å². The van der Waals surface area contributed by atoms with Crippen molar-refractivity contribution in [2.24, 2.45) is 0 Å². The third-order valence-electron chi connectivity index (χ3n) is 2.90. The average molecular weight is 431 g/mol. The zero-order chi connectivity index (χ0) is 19.4. The topological polar surface area (TPSA) is 40.5 Å². The van der Waals surface area contributed by atoms with Crippen molar-refractivity contribution in [2.75, 3.05) is 5.75 Å². The van der Waals surface area contributed by atoms with E-state index in [4.69, 9.17) is 28.3 Å².